The van der Waals surface area contributed by atoms with Crippen molar-refractivity contribution in [1.29, 1.82) is 0 Å². The highest BCUT2D eigenvalue weighted by Crippen LogP contribution is 2.49. The summed E-state index contributed by atoms with van der Waals surface area (Å²) in [4.78, 5) is 0. The highest BCUT2D eigenvalue weighted by Gasteiger charge is 2.20. The number of halogens is 2. The Morgan fingerprint density at radius 3 is 1.20 bits per heavy atom. The van der Waals surface area contributed by atoms with Crippen molar-refractivity contribution in [1.82, 2.24) is 0 Å². The van der Waals surface area contributed by atoms with E-state index < -0.39 is 0 Å². The predicted octanol–water partition coefficient (Wildman–Crippen LogP) is 9.04. The van der Waals surface area contributed by atoms with Gasteiger partial charge in [-0.25, -0.2) is 0 Å². The summed E-state index contributed by atoms with van der Waals surface area (Å²) in [5.41, 5.74) is 0. The molecule has 0 saturated heterocycles. The topological polar surface area (TPSA) is 0 Å². The van der Waals surface area contributed by atoms with Gasteiger partial charge in [-0.3, -0.25) is 0 Å². The fourth-order valence-electron chi connectivity index (χ4n) is 5.46. The Labute approximate surface area is 176 Å². The van der Waals surface area contributed by atoms with Crippen LogP contribution in [-0.2, 0) is 0 Å². The summed E-state index contributed by atoms with van der Waals surface area (Å²) in [6.07, 6.45) is 0. The molecule has 0 aliphatic heterocycles. The molecule has 6 aromatic carbocycles. The molecular formula is C26H10F2S2. The molecule has 0 unspecified atom stereocenters. The molecule has 140 valence electrons. The van der Waals surface area contributed by atoms with Crippen LogP contribution in [0.1, 0.15) is 0 Å². The minimum Gasteiger partial charge on any atom is -0.195 e. The average molecular weight is 424 g/mol. The van der Waals surface area contributed by atoms with Crippen molar-refractivity contribution in [2.24, 2.45) is 0 Å². The molecule has 8 aromatic rings. The molecule has 0 bridgehead atoms. The van der Waals surface area contributed by atoms with Crippen LogP contribution in [0.2, 0.25) is 0 Å². The highest BCUT2D eigenvalue weighted by atomic mass is 32.1. The van der Waals surface area contributed by atoms with E-state index >= 15 is 0 Å². The molecule has 0 spiro atoms. The lowest BCUT2D eigenvalue weighted by Gasteiger charge is -2.19. The summed E-state index contributed by atoms with van der Waals surface area (Å²) in [7, 11) is 0. The van der Waals surface area contributed by atoms with Crippen LogP contribution in [0, 0.1) is 10.3 Å². The Morgan fingerprint density at radius 1 is 0.400 bits per heavy atom. The Kier molecular flexibility index (Phi) is 2.60. The fourth-order valence-corrected chi connectivity index (χ4v) is 7.26. The van der Waals surface area contributed by atoms with Gasteiger partial charge in [0.2, 0.25) is 0 Å². The van der Waals surface area contributed by atoms with Gasteiger partial charge in [-0.1, -0.05) is 24.3 Å². The predicted molar refractivity (Wildman–Crippen MR) is 127 cm³/mol. The molecular weight excluding hydrogens is 414 g/mol. The van der Waals surface area contributed by atoms with Crippen LogP contribution in [0.3, 0.4) is 0 Å². The standard InChI is InChI=1S/C26H10F2S2/c27-19-9-13-3-1-11-5-15-7-18-22-14(10-20(28)30-18)4-2-12-6-16-8-17(29-19)21(13)23(11)25(16)26(15)24(12)22/h1-10H. The van der Waals surface area contributed by atoms with Crippen molar-refractivity contribution < 1.29 is 8.78 Å². The van der Waals surface area contributed by atoms with Crippen molar-refractivity contribution in [2.75, 3.05) is 0 Å². The Hall–Kier alpha value is -3.08. The summed E-state index contributed by atoms with van der Waals surface area (Å²) in [6, 6.07) is 20.1. The molecule has 0 saturated carbocycles. The van der Waals surface area contributed by atoms with E-state index in [9.17, 15) is 8.78 Å². The lowest BCUT2D eigenvalue weighted by molar-refractivity contribution is 0.657. The molecule has 0 atom stereocenters. The van der Waals surface area contributed by atoms with Crippen LogP contribution in [-0.4, -0.2) is 0 Å². The van der Waals surface area contributed by atoms with E-state index in [1.165, 1.54) is 44.2 Å². The van der Waals surface area contributed by atoms with Crippen LogP contribution >= 0.6 is 22.7 Å². The van der Waals surface area contributed by atoms with E-state index in [-0.39, 0.29) is 10.3 Å². The number of rotatable bonds is 0. The maximum atomic E-state index is 14.3. The molecule has 0 nitrogen and oxygen atoms in total. The minimum absolute atomic E-state index is 0.168. The Bertz CT molecular complexity index is 1830. The number of hydrogen-bond donors (Lipinski definition) is 0. The SMILES string of the molecule is Fc1cc2ccc3cc4cc5sc(F)cc6ccc7cc8cc(s1)c2c3c8c4c7c65. The lowest BCUT2D eigenvalue weighted by Crippen LogP contribution is -1.92. The van der Waals surface area contributed by atoms with Gasteiger partial charge in [0.25, 0.3) is 0 Å². The molecule has 2 heterocycles. The van der Waals surface area contributed by atoms with Crippen LogP contribution in [0.15, 0.2) is 60.7 Å². The smallest absolute Gasteiger partial charge is 0.177 e. The molecule has 0 fully saturated rings. The second-order valence-corrected chi connectivity index (χ2v) is 10.1. The zero-order valence-electron chi connectivity index (χ0n) is 15.3. The van der Waals surface area contributed by atoms with Crippen molar-refractivity contribution >= 4 is 96.7 Å². The second-order valence-electron chi connectivity index (χ2n) is 8.06. The van der Waals surface area contributed by atoms with Gasteiger partial charge in [-0.05, 0) is 90.3 Å². The maximum Gasteiger partial charge on any atom is 0.177 e. The van der Waals surface area contributed by atoms with Crippen molar-refractivity contribution in [2.45, 2.75) is 0 Å². The van der Waals surface area contributed by atoms with Crippen molar-refractivity contribution in [3.63, 3.8) is 0 Å². The first kappa shape index (κ1) is 15.7. The Balaban J connectivity index is 1.81. The molecule has 0 N–H and O–H groups in total. The summed E-state index contributed by atoms with van der Waals surface area (Å²) in [6.45, 7) is 0. The fraction of sp³-hybridized carbons (Fsp3) is 0. The van der Waals surface area contributed by atoms with Gasteiger partial charge in [0, 0.05) is 20.2 Å². The normalized spacial score (nSPS) is 13.0. The van der Waals surface area contributed by atoms with Crippen molar-refractivity contribution in [3.05, 3.63) is 70.9 Å². The van der Waals surface area contributed by atoms with E-state index in [1.807, 2.05) is 12.1 Å². The highest BCUT2D eigenvalue weighted by molar-refractivity contribution is 7.17. The summed E-state index contributed by atoms with van der Waals surface area (Å²) in [5.74, 6) is 0. The van der Waals surface area contributed by atoms with Crippen LogP contribution < -0.4 is 0 Å². The first-order valence-corrected chi connectivity index (χ1v) is 11.4. The van der Waals surface area contributed by atoms with Gasteiger partial charge in [0.1, 0.15) is 0 Å². The van der Waals surface area contributed by atoms with E-state index in [0.717, 1.165) is 52.5 Å². The van der Waals surface area contributed by atoms with Crippen LogP contribution in [0.4, 0.5) is 8.78 Å². The zero-order valence-corrected chi connectivity index (χ0v) is 17.0. The monoisotopic (exact) mass is 424 g/mol. The molecule has 30 heavy (non-hydrogen) atoms. The van der Waals surface area contributed by atoms with Gasteiger partial charge < -0.3 is 0 Å². The average Bonchev–Trinajstić information content (AvgIpc) is 2.72. The molecule has 0 aliphatic carbocycles. The first-order chi connectivity index (χ1) is 14.7. The molecule has 2 aromatic heterocycles. The molecule has 0 radical (unpaired) electrons. The van der Waals surface area contributed by atoms with Crippen molar-refractivity contribution in [3.8, 4) is 0 Å². The third-order valence-corrected chi connectivity index (χ3v) is 8.22. The van der Waals surface area contributed by atoms with Crippen LogP contribution in [0.25, 0.3) is 74.0 Å². The van der Waals surface area contributed by atoms with Crippen LogP contribution in [0.5, 0.6) is 0 Å². The van der Waals surface area contributed by atoms with E-state index in [2.05, 4.69) is 36.4 Å². The third kappa shape index (κ3) is 1.72. The number of benzene rings is 6. The minimum atomic E-state index is -0.168. The van der Waals surface area contributed by atoms with E-state index in [4.69, 9.17) is 0 Å². The molecule has 0 amide bonds. The molecule has 0 aliphatic rings. The lowest BCUT2D eigenvalue weighted by atomic mass is 9.85. The van der Waals surface area contributed by atoms with Gasteiger partial charge in [-0.15, -0.1) is 22.7 Å². The van der Waals surface area contributed by atoms with Gasteiger partial charge in [0.05, 0.1) is 0 Å². The van der Waals surface area contributed by atoms with Gasteiger partial charge in [0.15, 0.2) is 10.3 Å². The number of hydrogen-bond acceptors (Lipinski definition) is 2. The van der Waals surface area contributed by atoms with E-state index in [1.54, 1.807) is 12.1 Å². The van der Waals surface area contributed by atoms with Gasteiger partial charge in [-0.2, -0.15) is 8.78 Å². The second kappa shape index (κ2) is 4.97. The summed E-state index contributed by atoms with van der Waals surface area (Å²) < 4.78 is 30.5. The van der Waals surface area contributed by atoms with E-state index in [0.29, 0.717) is 0 Å². The quantitative estimate of drug-likeness (QED) is 0.168. The zero-order chi connectivity index (χ0) is 19.7. The largest absolute Gasteiger partial charge is 0.195 e. The van der Waals surface area contributed by atoms with Gasteiger partial charge >= 0.3 is 0 Å². The maximum absolute atomic E-state index is 14.3. The summed E-state index contributed by atoms with van der Waals surface area (Å²) in [5, 5.41) is 13.2. The molecule has 4 heteroatoms. The molecule has 8 rings (SSSR count). The first-order valence-electron chi connectivity index (χ1n) is 9.73. The third-order valence-electron chi connectivity index (χ3n) is 6.51. The Morgan fingerprint density at radius 2 is 0.767 bits per heavy atom. The summed E-state index contributed by atoms with van der Waals surface area (Å²) >= 11 is 2.41.